The Bertz CT molecular complexity index is 846. The molecule has 132 valence electrons. The van der Waals surface area contributed by atoms with Gasteiger partial charge in [-0.25, -0.2) is 0 Å². The number of amides is 1. The van der Waals surface area contributed by atoms with E-state index in [1.807, 2.05) is 85.8 Å². The van der Waals surface area contributed by atoms with Crippen molar-refractivity contribution in [3.05, 3.63) is 90.0 Å². The molecule has 4 heteroatoms. The topological polar surface area (TPSA) is 50.4 Å². The lowest BCUT2D eigenvalue weighted by Crippen LogP contribution is -2.29. The molecule has 0 aromatic heterocycles. The van der Waals surface area contributed by atoms with Gasteiger partial charge in [-0.1, -0.05) is 42.5 Å². The molecule has 0 unspecified atom stereocenters. The average molecular weight is 346 g/mol. The summed E-state index contributed by atoms with van der Waals surface area (Å²) in [5.74, 6) is 1.51. The molecular formula is C22H22N2O2. The lowest BCUT2D eigenvalue weighted by atomic mass is 10.1. The highest BCUT2D eigenvalue weighted by molar-refractivity contribution is 5.80. The molecule has 26 heavy (non-hydrogen) atoms. The Morgan fingerprint density at radius 1 is 0.846 bits per heavy atom. The maximum atomic E-state index is 12.0. The molecule has 0 heterocycles. The Morgan fingerprint density at radius 2 is 1.50 bits per heavy atom. The van der Waals surface area contributed by atoms with Crippen LogP contribution in [0.2, 0.25) is 0 Å². The van der Waals surface area contributed by atoms with Crippen LogP contribution in [-0.2, 0) is 11.3 Å². The minimum Gasteiger partial charge on any atom is -0.457 e. The summed E-state index contributed by atoms with van der Waals surface area (Å²) in [5, 5.41) is 6.05. The number of aryl methyl sites for hydroxylation is 1. The van der Waals surface area contributed by atoms with Crippen LogP contribution in [-0.4, -0.2) is 12.5 Å². The molecule has 0 aliphatic heterocycles. The molecule has 0 saturated carbocycles. The van der Waals surface area contributed by atoms with Gasteiger partial charge in [0.25, 0.3) is 0 Å². The van der Waals surface area contributed by atoms with Crippen LogP contribution in [0, 0.1) is 6.92 Å². The van der Waals surface area contributed by atoms with Gasteiger partial charge in [0.2, 0.25) is 5.91 Å². The average Bonchev–Trinajstić information content (AvgIpc) is 2.68. The van der Waals surface area contributed by atoms with Crippen molar-refractivity contribution in [2.45, 2.75) is 13.5 Å². The zero-order valence-electron chi connectivity index (χ0n) is 14.7. The van der Waals surface area contributed by atoms with E-state index in [9.17, 15) is 4.79 Å². The van der Waals surface area contributed by atoms with E-state index in [0.717, 1.165) is 22.7 Å². The van der Waals surface area contributed by atoms with Gasteiger partial charge in [-0.05, 0) is 54.4 Å². The van der Waals surface area contributed by atoms with Crippen LogP contribution >= 0.6 is 0 Å². The van der Waals surface area contributed by atoms with Crippen molar-refractivity contribution in [3.63, 3.8) is 0 Å². The zero-order chi connectivity index (χ0) is 18.2. The van der Waals surface area contributed by atoms with E-state index in [2.05, 4.69) is 10.6 Å². The fourth-order valence-electron chi connectivity index (χ4n) is 2.51. The summed E-state index contributed by atoms with van der Waals surface area (Å²) in [5.41, 5.74) is 3.18. The normalized spacial score (nSPS) is 10.2. The predicted molar refractivity (Wildman–Crippen MR) is 104 cm³/mol. The van der Waals surface area contributed by atoms with Gasteiger partial charge in [0.05, 0.1) is 6.54 Å². The van der Waals surface area contributed by atoms with E-state index in [-0.39, 0.29) is 12.5 Å². The molecule has 4 nitrogen and oxygen atoms in total. The summed E-state index contributed by atoms with van der Waals surface area (Å²) in [6.07, 6.45) is 0. The molecule has 3 rings (SSSR count). The van der Waals surface area contributed by atoms with E-state index < -0.39 is 0 Å². The van der Waals surface area contributed by atoms with Crippen LogP contribution in [0.25, 0.3) is 0 Å². The molecule has 2 N–H and O–H groups in total. The van der Waals surface area contributed by atoms with Crippen molar-refractivity contribution >= 4 is 11.6 Å². The fourth-order valence-corrected chi connectivity index (χ4v) is 2.51. The van der Waals surface area contributed by atoms with Gasteiger partial charge in [0.15, 0.2) is 0 Å². The number of ether oxygens (including phenoxy) is 1. The van der Waals surface area contributed by atoms with Gasteiger partial charge >= 0.3 is 0 Å². The van der Waals surface area contributed by atoms with E-state index in [1.165, 1.54) is 5.56 Å². The molecule has 0 saturated heterocycles. The van der Waals surface area contributed by atoms with Crippen LogP contribution in [0.5, 0.6) is 11.5 Å². The third-order valence-electron chi connectivity index (χ3n) is 4.02. The van der Waals surface area contributed by atoms with Gasteiger partial charge in [0, 0.05) is 12.2 Å². The van der Waals surface area contributed by atoms with Crippen LogP contribution < -0.4 is 15.4 Å². The summed E-state index contributed by atoms with van der Waals surface area (Å²) < 4.78 is 5.75. The van der Waals surface area contributed by atoms with Gasteiger partial charge in [-0.15, -0.1) is 0 Å². The first-order valence-electron chi connectivity index (χ1n) is 8.59. The number of carbonyl (C=O) groups excluding carboxylic acids is 1. The molecule has 0 spiro atoms. The number of para-hydroxylation sites is 1. The predicted octanol–water partition coefficient (Wildman–Crippen LogP) is 4.52. The minimum absolute atomic E-state index is 0.0436. The highest BCUT2D eigenvalue weighted by atomic mass is 16.5. The second kappa shape index (κ2) is 8.72. The maximum absolute atomic E-state index is 12.0. The third-order valence-corrected chi connectivity index (χ3v) is 4.02. The van der Waals surface area contributed by atoms with Crippen LogP contribution in [0.3, 0.4) is 0 Å². The molecule has 3 aromatic rings. The lowest BCUT2D eigenvalue weighted by Gasteiger charge is -2.10. The number of rotatable bonds is 7. The summed E-state index contributed by atoms with van der Waals surface area (Å²) >= 11 is 0. The van der Waals surface area contributed by atoms with E-state index in [1.54, 1.807) is 0 Å². The highest BCUT2D eigenvalue weighted by Gasteiger charge is 2.03. The SMILES string of the molecule is Cc1ccccc1CNC(=O)CNc1ccc(Oc2ccccc2)cc1. The minimum atomic E-state index is -0.0436. The van der Waals surface area contributed by atoms with E-state index in [0.29, 0.717) is 6.54 Å². The van der Waals surface area contributed by atoms with Crippen molar-refractivity contribution < 1.29 is 9.53 Å². The standard InChI is InChI=1S/C22H22N2O2/c1-17-7-5-6-8-18(17)15-24-22(25)16-23-19-11-13-21(14-12-19)26-20-9-3-2-4-10-20/h2-14,23H,15-16H2,1H3,(H,24,25). The monoisotopic (exact) mass is 346 g/mol. The van der Waals surface area contributed by atoms with Crippen LogP contribution in [0.4, 0.5) is 5.69 Å². The first kappa shape index (κ1) is 17.5. The molecule has 0 aliphatic carbocycles. The molecular weight excluding hydrogens is 324 g/mol. The Labute approximate surface area is 153 Å². The van der Waals surface area contributed by atoms with Crippen LogP contribution in [0.15, 0.2) is 78.9 Å². The molecule has 0 aliphatic rings. The molecule has 3 aromatic carbocycles. The molecule has 0 radical (unpaired) electrons. The summed E-state index contributed by atoms with van der Waals surface area (Å²) in [6, 6.07) is 25.2. The van der Waals surface area contributed by atoms with Gasteiger partial charge in [-0.3, -0.25) is 4.79 Å². The summed E-state index contributed by atoms with van der Waals surface area (Å²) in [4.78, 5) is 12.0. The number of hydrogen-bond acceptors (Lipinski definition) is 3. The molecule has 0 fully saturated rings. The van der Waals surface area contributed by atoms with Crippen molar-refractivity contribution in [3.8, 4) is 11.5 Å². The smallest absolute Gasteiger partial charge is 0.239 e. The van der Waals surface area contributed by atoms with Gasteiger partial charge < -0.3 is 15.4 Å². The quantitative estimate of drug-likeness (QED) is 0.661. The van der Waals surface area contributed by atoms with Crippen molar-refractivity contribution in [1.29, 1.82) is 0 Å². The summed E-state index contributed by atoms with van der Waals surface area (Å²) in [6.45, 7) is 2.81. The number of benzene rings is 3. The van der Waals surface area contributed by atoms with E-state index in [4.69, 9.17) is 4.74 Å². The first-order valence-corrected chi connectivity index (χ1v) is 8.59. The fraction of sp³-hybridized carbons (Fsp3) is 0.136. The van der Waals surface area contributed by atoms with Gasteiger partial charge in [-0.2, -0.15) is 0 Å². The Morgan fingerprint density at radius 3 is 2.23 bits per heavy atom. The second-order valence-corrected chi connectivity index (χ2v) is 6.00. The highest BCUT2D eigenvalue weighted by Crippen LogP contribution is 2.22. The largest absolute Gasteiger partial charge is 0.457 e. The van der Waals surface area contributed by atoms with Crippen LogP contribution in [0.1, 0.15) is 11.1 Å². The van der Waals surface area contributed by atoms with Crippen molar-refractivity contribution in [2.24, 2.45) is 0 Å². The first-order chi connectivity index (χ1) is 12.7. The number of nitrogens with one attached hydrogen (secondary N) is 2. The van der Waals surface area contributed by atoms with E-state index >= 15 is 0 Å². The summed E-state index contributed by atoms with van der Waals surface area (Å²) in [7, 11) is 0. The Balaban J connectivity index is 1.45. The second-order valence-electron chi connectivity index (χ2n) is 6.00. The Kier molecular flexibility index (Phi) is 5.88. The number of hydrogen-bond donors (Lipinski definition) is 2. The number of anilines is 1. The zero-order valence-corrected chi connectivity index (χ0v) is 14.7. The lowest BCUT2D eigenvalue weighted by molar-refractivity contribution is -0.119. The third kappa shape index (κ3) is 5.11. The Hall–Kier alpha value is -3.27. The molecule has 0 atom stereocenters. The maximum Gasteiger partial charge on any atom is 0.239 e. The van der Waals surface area contributed by atoms with Crippen molar-refractivity contribution in [2.75, 3.05) is 11.9 Å². The van der Waals surface area contributed by atoms with Gasteiger partial charge in [0.1, 0.15) is 11.5 Å². The molecule has 0 bridgehead atoms. The number of carbonyl (C=O) groups is 1. The van der Waals surface area contributed by atoms with Crippen molar-refractivity contribution in [1.82, 2.24) is 5.32 Å². The molecule has 1 amide bonds.